The predicted molar refractivity (Wildman–Crippen MR) is 113 cm³/mol. The molecule has 0 atom stereocenters. The fraction of sp³-hybridized carbons (Fsp3) is 0.619. The molecule has 1 aromatic rings. The summed E-state index contributed by atoms with van der Waals surface area (Å²) in [7, 11) is 0. The van der Waals surface area contributed by atoms with Crippen molar-refractivity contribution >= 4 is 23.7 Å². The standard InChI is InChI=1S/C21H32N6O2/c1-15(2)6-5-11-26-18(28)21(27(20(26)29)14-16(3)4)8-12-25(13-9-21)17-7-10-23-19(22)24-17/h6-7,10,16H,5,8-9,11-14H2,1-4H3,(H2,22,23,24). The van der Waals surface area contributed by atoms with Crippen LogP contribution in [0.3, 0.4) is 0 Å². The van der Waals surface area contributed by atoms with Crippen LogP contribution in [0.15, 0.2) is 23.9 Å². The highest BCUT2D eigenvalue weighted by atomic mass is 16.2. The van der Waals surface area contributed by atoms with Gasteiger partial charge >= 0.3 is 6.03 Å². The average molecular weight is 401 g/mol. The third kappa shape index (κ3) is 4.21. The molecule has 3 rings (SSSR count). The van der Waals surface area contributed by atoms with Gasteiger partial charge in [-0.3, -0.25) is 9.69 Å². The Morgan fingerprint density at radius 3 is 2.55 bits per heavy atom. The normalized spacial score (nSPS) is 18.9. The Morgan fingerprint density at radius 1 is 1.28 bits per heavy atom. The Balaban J connectivity index is 1.80. The zero-order chi connectivity index (χ0) is 21.2. The molecule has 2 aliphatic rings. The molecule has 2 aliphatic heterocycles. The fourth-order valence-electron chi connectivity index (χ4n) is 4.21. The molecule has 2 saturated heterocycles. The van der Waals surface area contributed by atoms with E-state index in [1.807, 2.05) is 24.8 Å². The van der Waals surface area contributed by atoms with E-state index in [9.17, 15) is 9.59 Å². The van der Waals surface area contributed by atoms with Crippen molar-refractivity contribution in [2.45, 2.75) is 52.5 Å². The Kier molecular flexibility index (Phi) is 6.10. The van der Waals surface area contributed by atoms with E-state index >= 15 is 0 Å². The van der Waals surface area contributed by atoms with Gasteiger partial charge < -0.3 is 15.5 Å². The molecule has 0 unspecified atom stereocenters. The lowest BCUT2D eigenvalue weighted by Gasteiger charge is -2.43. The summed E-state index contributed by atoms with van der Waals surface area (Å²) >= 11 is 0. The van der Waals surface area contributed by atoms with Crippen LogP contribution >= 0.6 is 0 Å². The number of imide groups is 1. The van der Waals surface area contributed by atoms with Crippen LogP contribution in [0.1, 0.15) is 47.0 Å². The monoisotopic (exact) mass is 400 g/mol. The average Bonchev–Trinajstić information content (AvgIpc) is 2.84. The third-order valence-electron chi connectivity index (χ3n) is 5.65. The van der Waals surface area contributed by atoms with Gasteiger partial charge in [-0.2, -0.15) is 4.98 Å². The number of nitrogens with zero attached hydrogens (tertiary/aromatic N) is 5. The smallest absolute Gasteiger partial charge is 0.327 e. The van der Waals surface area contributed by atoms with Gasteiger partial charge in [-0.15, -0.1) is 0 Å². The molecule has 0 radical (unpaired) electrons. The predicted octanol–water partition coefficient (Wildman–Crippen LogP) is 2.67. The van der Waals surface area contributed by atoms with E-state index in [2.05, 4.69) is 34.8 Å². The first-order valence-corrected chi connectivity index (χ1v) is 10.3. The van der Waals surface area contributed by atoms with Gasteiger partial charge in [0.2, 0.25) is 5.95 Å². The fourth-order valence-corrected chi connectivity index (χ4v) is 4.21. The van der Waals surface area contributed by atoms with Crippen molar-refractivity contribution < 1.29 is 9.59 Å². The molecule has 3 amide bonds. The van der Waals surface area contributed by atoms with Crippen molar-refractivity contribution in [1.82, 2.24) is 19.8 Å². The van der Waals surface area contributed by atoms with Crippen LogP contribution in [0.25, 0.3) is 0 Å². The summed E-state index contributed by atoms with van der Waals surface area (Å²) < 4.78 is 0. The number of urea groups is 1. The lowest BCUT2D eigenvalue weighted by Crippen LogP contribution is -2.57. The Hall–Kier alpha value is -2.64. The van der Waals surface area contributed by atoms with Crippen molar-refractivity contribution in [1.29, 1.82) is 0 Å². The topological polar surface area (TPSA) is 95.7 Å². The van der Waals surface area contributed by atoms with E-state index in [-0.39, 0.29) is 17.9 Å². The van der Waals surface area contributed by atoms with Gasteiger partial charge in [-0.25, -0.2) is 9.78 Å². The van der Waals surface area contributed by atoms with Gasteiger partial charge in [0.05, 0.1) is 0 Å². The van der Waals surface area contributed by atoms with Crippen LogP contribution in [0.5, 0.6) is 0 Å². The second kappa shape index (κ2) is 8.39. The molecule has 2 fully saturated rings. The van der Waals surface area contributed by atoms with E-state index in [1.54, 1.807) is 6.20 Å². The number of allylic oxidation sites excluding steroid dienone is 1. The van der Waals surface area contributed by atoms with E-state index in [0.717, 1.165) is 5.82 Å². The van der Waals surface area contributed by atoms with Gasteiger partial charge in [0, 0.05) is 32.4 Å². The number of rotatable bonds is 6. The summed E-state index contributed by atoms with van der Waals surface area (Å²) in [4.78, 5) is 40.2. The molecular weight excluding hydrogens is 368 g/mol. The SMILES string of the molecule is CC(C)=CCCN1C(=O)N(CC(C)C)C2(CCN(c3ccnc(N)n3)CC2)C1=O. The van der Waals surface area contributed by atoms with Crippen molar-refractivity contribution in [3.8, 4) is 0 Å². The summed E-state index contributed by atoms with van der Waals surface area (Å²) in [6.07, 6.45) is 5.58. The molecule has 8 nitrogen and oxygen atoms in total. The minimum Gasteiger partial charge on any atom is -0.368 e. The first kappa shape index (κ1) is 21.1. The number of aromatic nitrogens is 2. The van der Waals surface area contributed by atoms with Crippen LogP contribution in [-0.4, -0.2) is 63.4 Å². The highest BCUT2D eigenvalue weighted by Gasteiger charge is 2.57. The zero-order valence-electron chi connectivity index (χ0n) is 17.9. The Morgan fingerprint density at radius 2 is 1.97 bits per heavy atom. The van der Waals surface area contributed by atoms with Crippen LogP contribution in [0.2, 0.25) is 0 Å². The maximum Gasteiger partial charge on any atom is 0.327 e. The molecule has 2 N–H and O–H groups in total. The van der Waals surface area contributed by atoms with E-state index < -0.39 is 5.54 Å². The second-order valence-corrected chi connectivity index (χ2v) is 8.61. The Labute approximate surface area is 172 Å². The van der Waals surface area contributed by atoms with Crippen molar-refractivity contribution in [3.05, 3.63) is 23.9 Å². The molecule has 3 heterocycles. The van der Waals surface area contributed by atoms with Crippen LogP contribution in [0, 0.1) is 5.92 Å². The summed E-state index contributed by atoms with van der Waals surface area (Å²) in [6.45, 7) is 10.5. The highest BCUT2D eigenvalue weighted by Crippen LogP contribution is 2.38. The van der Waals surface area contributed by atoms with Gasteiger partial charge in [0.15, 0.2) is 0 Å². The van der Waals surface area contributed by atoms with Crippen molar-refractivity contribution in [2.75, 3.05) is 36.8 Å². The number of hydrogen-bond acceptors (Lipinski definition) is 6. The highest BCUT2D eigenvalue weighted by molar-refractivity contribution is 6.07. The quantitative estimate of drug-likeness (QED) is 0.583. The Bertz CT molecular complexity index is 794. The molecular formula is C21H32N6O2. The first-order chi connectivity index (χ1) is 13.7. The molecule has 0 bridgehead atoms. The third-order valence-corrected chi connectivity index (χ3v) is 5.65. The van der Waals surface area contributed by atoms with Gasteiger partial charge in [-0.1, -0.05) is 25.5 Å². The maximum absolute atomic E-state index is 13.4. The van der Waals surface area contributed by atoms with Gasteiger partial charge in [0.1, 0.15) is 11.4 Å². The summed E-state index contributed by atoms with van der Waals surface area (Å²) in [6, 6.07) is 1.68. The number of nitrogens with two attached hydrogens (primary N) is 1. The van der Waals surface area contributed by atoms with E-state index in [1.165, 1.54) is 10.5 Å². The molecule has 0 saturated carbocycles. The molecule has 0 aliphatic carbocycles. The minimum atomic E-state index is -0.749. The molecule has 0 aromatic carbocycles. The lowest BCUT2D eigenvalue weighted by atomic mass is 9.85. The second-order valence-electron chi connectivity index (χ2n) is 8.61. The molecule has 158 valence electrons. The number of carbonyl (C=O) groups excluding carboxylic acids is 2. The number of nitrogen functional groups attached to an aromatic ring is 1. The molecule has 29 heavy (non-hydrogen) atoms. The molecule has 1 spiro atoms. The molecule has 1 aromatic heterocycles. The van der Waals surface area contributed by atoms with Crippen LogP contribution in [-0.2, 0) is 4.79 Å². The van der Waals surface area contributed by atoms with Gasteiger partial charge in [0.25, 0.3) is 5.91 Å². The number of carbonyl (C=O) groups is 2. The minimum absolute atomic E-state index is 0.0489. The van der Waals surface area contributed by atoms with Gasteiger partial charge in [-0.05, 0) is 45.1 Å². The largest absolute Gasteiger partial charge is 0.368 e. The van der Waals surface area contributed by atoms with E-state index in [0.29, 0.717) is 51.4 Å². The number of hydrogen-bond donors (Lipinski definition) is 1. The number of anilines is 2. The van der Waals surface area contributed by atoms with E-state index in [4.69, 9.17) is 5.73 Å². The molecule has 8 heteroatoms. The zero-order valence-corrected chi connectivity index (χ0v) is 17.9. The van der Waals surface area contributed by atoms with Crippen molar-refractivity contribution in [3.63, 3.8) is 0 Å². The van der Waals surface area contributed by atoms with Crippen molar-refractivity contribution in [2.24, 2.45) is 5.92 Å². The summed E-state index contributed by atoms with van der Waals surface area (Å²) in [5.41, 5.74) is 6.16. The maximum atomic E-state index is 13.4. The summed E-state index contributed by atoms with van der Waals surface area (Å²) in [5, 5.41) is 0. The number of amides is 3. The number of piperidine rings is 1. The lowest BCUT2D eigenvalue weighted by molar-refractivity contribution is -0.134. The summed E-state index contributed by atoms with van der Waals surface area (Å²) in [5.74, 6) is 1.25. The van der Waals surface area contributed by atoms with Crippen LogP contribution < -0.4 is 10.6 Å². The van der Waals surface area contributed by atoms with Crippen LogP contribution in [0.4, 0.5) is 16.6 Å². The first-order valence-electron chi connectivity index (χ1n) is 10.3.